The van der Waals surface area contributed by atoms with Crippen molar-refractivity contribution in [3.8, 4) is 17.2 Å². The molecule has 5 aromatic rings. The van der Waals surface area contributed by atoms with Crippen LogP contribution in [0, 0.1) is 0 Å². The number of amides is 1. The van der Waals surface area contributed by atoms with Crippen molar-refractivity contribution in [2.24, 2.45) is 7.05 Å². The number of benzene rings is 2. The molecule has 0 saturated carbocycles. The van der Waals surface area contributed by atoms with Crippen molar-refractivity contribution in [3.63, 3.8) is 0 Å². The lowest BCUT2D eigenvalue weighted by Gasteiger charge is -2.38. The summed E-state index contributed by atoms with van der Waals surface area (Å²) in [4.78, 5) is 28.1. The summed E-state index contributed by atoms with van der Waals surface area (Å²) in [7, 11) is 1.76. The van der Waals surface area contributed by atoms with Gasteiger partial charge in [-0.2, -0.15) is 4.80 Å². The third-order valence-corrected chi connectivity index (χ3v) is 7.63. The van der Waals surface area contributed by atoms with E-state index >= 15 is 0 Å². The van der Waals surface area contributed by atoms with Gasteiger partial charge in [0.25, 0.3) is 5.91 Å². The van der Waals surface area contributed by atoms with E-state index in [4.69, 9.17) is 13.9 Å². The van der Waals surface area contributed by atoms with Gasteiger partial charge in [0.2, 0.25) is 5.89 Å². The smallest absolute Gasteiger partial charge is 0.272 e. The molecule has 214 valence electrons. The Morgan fingerprint density at radius 3 is 2.67 bits per heavy atom. The maximum absolute atomic E-state index is 13.5. The number of aromatic nitrogens is 6. The predicted molar refractivity (Wildman–Crippen MR) is 152 cm³/mol. The lowest BCUT2D eigenvalue weighted by atomic mass is 10.0. The van der Waals surface area contributed by atoms with Crippen molar-refractivity contribution in [2.45, 2.75) is 18.6 Å². The van der Waals surface area contributed by atoms with Crippen LogP contribution in [-0.2, 0) is 11.8 Å². The number of hydrogen-bond donors (Lipinski definition) is 0. The second kappa shape index (κ2) is 11.3. The van der Waals surface area contributed by atoms with Gasteiger partial charge >= 0.3 is 0 Å². The largest absolute Gasteiger partial charge is 0.488 e. The first-order chi connectivity index (χ1) is 20.6. The van der Waals surface area contributed by atoms with Gasteiger partial charge in [0, 0.05) is 50.4 Å². The molecule has 3 aromatic heterocycles. The maximum atomic E-state index is 13.5. The number of oxazole rings is 1. The van der Waals surface area contributed by atoms with Crippen LogP contribution in [0.5, 0.6) is 5.75 Å². The van der Waals surface area contributed by atoms with E-state index in [2.05, 4.69) is 42.4 Å². The number of piperazine rings is 1. The van der Waals surface area contributed by atoms with Crippen LogP contribution < -0.4 is 4.74 Å². The summed E-state index contributed by atoms with van der Waals surface area (Å²) >= 11 is 0. The summed E-state index contributed by atoms with van der Waals surface area (Å²) in [5.41, 5.74) is 3.46. The van der Waals surface area contributed by atoms with Crippen LogP contribution in [0.25, 0.3) is 22.6 Å². The number of aryl methyl sites for hydroxylation is 1. The molecule has 12 heteroatoms. The van der Waals surface area contributed by atoms with Crippen LogP contribution in [0.15, 0.2) is 71.3 Å². The maximum Gasteiger partial charge on any atom is 0.272 e. The Labute approximate surface area is 241 Å². The molecule has 0 unspecified atom stereocenters. The molecule has 0 bridgehead atoms. The summed E-state index contributed by atoms with van der Waals surface area (Å²) in [6.07, 6.45) is 2.54. The number of hydrogen-bond acceptors (Lipinski definition) is 10. The highest BCUT2D eigenvalue weighted by atomic mass is 16.5. The zero-order valence-electron chi connectivity index (χ0n) is 23.2. The van der Waals surface area contributed by atoms with Gasteiger partial charge < -0.3 is 18.8 Å². The number of pyridine rings is 1. The van der Waals surface area contributed by atoms with Crippen LogP contribution in [0.3, 0.4) is 0 Å². The molecular formula is C30H30N8O4. The van der Waals surface area contributed by atoms with Gasteiger partial charge in [-0.05, 0) is 35.0 Å². The van der Waals surface area contributed by atoms with E-state index in [9.17, 15) is 4.79 Å². The van der Waals surface area contributed by atoms with Gasteiger partial charge in [-0.3, -0.25) is 14.7 Å². The summed E-state index contributed by atoms with van der Waals surface area (Å²) in [6, 6.07) is 19.1. The Morgan fingerprint density at radius 1 is 1.05 bits per heavy atom. The minimum Gasteiger partial charge on any atom is -0.488 e. The van der Waals surface area contributed by atoms with Crippen molar-refractivity contribution < 1.29 is 18.7 Å². The van der Waals surface area contributed by atoms with E-state index in [1.807, 2.05) is 41.3 Å². The minimum atomic E-state index is -0.143. The molecule has 42 heavy (non-hydrogen) atoms. The molecular weight excluding hydrogens is 536 g/mol. The lowest BCUT2D eigenvalue weighted by molar-refractivity contribution is 0.0586. The van der Waals surface area contributed by atoms with Gasteiger partial charge in [0.15, 0.2) is 11.4 Å². The number of carbonyl (C=O) groups excluding carboxylic acids is 1. The first-order valence-corrected chi connectivity index (χ1v) is 14.0. The predicted octanol–water partition coefficient (Wildman–Crippen LogP) is 3.13. The van der Waals surface area contributed by atoms with Gasteiger partial charge in [0.05, 0.1) is 26.3 Å². The highest BCUT2D eigenvalue weighted by Gasteiger charge is 2.31. The van der Waals surface area contributed by atoms with Crippen molar-refractivity contribution >= 4 is 17.0 Å². The van der Waals surface area contributed by atoms with Crippen LogP contribution in [0.1, 0.15) is 34.3 Å². The van der Waals surface area contributed by atoms with Gasteiger partial charge in [-0.1, -0.05) is 30.3 Å². The fraction of sp³-hybridized carbons (Fsp3) is 0.333. The Kier molecular flexibility index (Phi) is 7.06. The second-order valence-electron chi connectivity index (χ2n) is 10.5. The van der Waals surface area contributed by atoms with Crippen molar-refractivity contribution in [1.29, 1.82) is 0 Å². The highest BCUT2D eigenvalue weighted by molar-refractivity contribution is 5.93. The first-order valence-electron chi connectivity index (χ1n) is 14.0. The molecule has 0 spiro atoms. The molecule has 2 aliphatic rings. The standard InChI is InChI=1S/C30H30N8O4/c1-36-34-28(33-35-36)27(20-5-3-2-4-6-20)37-12-14-38(15-13-37)30(39)25-17-21(9-11-31-25)29-32-24-18-22(7-8-26(24)42-29)41-23-10-16-40-19-23/h2-9,11,17-18,23,27H,10,12-16,19H2,1H3/t23-,27-/m1/s1. The molecule has 2 aromatic carbocycles. The minimum absolute atomic E-state index is 0.0531. The number of tetrazole rings is 1. The van der Waals surface area contributed by atoms with E-state index < -0.39 is 0 Å². The molecule has 2 saturated heterocycles. The number of carbonyl (C=O) groups is 1. The number of ether oxygens (including phenoxy) is 2. The van der Waals surface area contributed by atoms with E-state index in [1.54, 1.807) is 25.4 Å². The van der Waals surface area contributed by atoms with E-state index in [0.29, 0.717) is 73.5 Å². The fourth-order valence-electron chi connectivity index (χ4n) is 5.49. The van der Waals surface area contributed by atoms with Crippen LogP contribution in [-0.4, -0.2) is 91.4 Å². The zero-order valence-corrected chi connectivity index (χ0v) is 23.2. The molecule has 0 aliphatic carbocycles. The molecule has 5 heterocycles. The SMILES string of the molecule is Cn1nnc([C@@H](c2ccccc2)N2CCN(C(=O)c3cc(-c4nc5cc(O[C@@H]6CCOC6)ccc5o4)ccn3)CC2)n1. The molecule has 12 nitrogen and oxygen atoms in total. The summed E-state index contributed by atoms with van der Waals surface area (Å²) in [5.74, 6) is 1.67. The summed E-state index contributed by atoms with van der Waals surface area (Å²) in [6.45, 7) is 3.72. The Bertz CT molecular complexity index is 1690. The summed E-state index contributed by atoms with van der Waals surface area (Å²) < 4.78 is 17.4. The molecule has 7 rings (SSSR count). The Morgan fingerprint density at radius 2 is 1.90 bits per heavy atom. The van der Waals surface area contributed by atoms with Gasteiger partial charge in [0.1, 0.15) is 23.1 Å². The highest BCUT2D eigenvalue weighted by Crippen LogP contribution is 2.30. The Balaban J connectivity index is 1.05. The monoisotopic (exact) mass is 566 g/mol. The zero-order chi connectivity index (χ0) is 28.5. The van der Waals surface area contributed by atoms with Crippen LogP contribution in [0.2, 0.25) is 0 Å². The Hall–Kier alpha value is -4.68. The lowest BCUT2D eigenvalue weighted by Crippen LogP contribution is -2.50. The number of nitrogens with zero attached hydrogens (tertiary/aromatic N) is 8. The van der Waals surface area contributed by atoms with Gasteiger partial charge in [-0.15, -0.1) is 10.2 Å². The normalized spacial score (nSPS) is 18.4. The third-order valence-electron chi connectivity index (χ3n) is 7.63. The quantitative estimate of drug-likeness (QED) is 0.290. The number of fused-ring (bicyclic) bond motifs is 1. The molecule has 0 radical (unpaired) electrons. The fourth-order valence-corrected chi connectivity index (χ4v) is 5.49. The molecule has 2 aliphatic heterocycles. The van der Waals surface area contributed by atoms with Crippen molar-refractivity contribution in [2.75, 3.05) is 39.4 Å². The van der Waals surface area contributed by atoms with Crippen molar-refractivity contribution in [1.82, 2.24) is 40.0 Å². The summed E-state index contributed by atoms with van der Waals surface area (Å²) in [5, 5.41) is 12.8. The van der Waals surface area contributed by atoms with Crippen LogP contribution >= 0.6 is 0 Å². The van der Waals surface area contributed by atoms with E-state index in [0.717, 1.165) is 17.7 Å². The average molecular weight is 567 g/mol. The number of rotatable bonds is 7. The second-order valence-corrected chi connectivity index (χ2v) is 10.5. The van der Waals surface area contributed by atoms with Crippen LogP contribution in [0.4, 0.5) is 0 Å². The molecule has 2 atom stereocenters. The van der Waals surface area contributed by atoms with Gasteiger partial charge in [-0.25, -0.2) is 4.98 Å². The topological polar surface area (TPSA) is 125 Å². The molecule has 0 N–H and O–H groups in total. The third kappa shape index (κ3) is 5.33. The van der Waals surface area contributed by atoms with E-state index in [1.165, 1.54) is 4.80 Å². The van der Waals surface area contributed by atoms with Crippen molar-refractivity contribution in [3.05, 3.63) is 83.9 Å². The average Bonchev–Trinajstić information content (AvgIpc) is 3.80. The van der Waals surface area contributed by atoms with E-state index in [-0.39, 0.29) is 18.1 Å². The first kappa shape index (κ1) is 26.2. The molecule has 1 amide bonds. The molecule has 2 fully saturated rings.